The number of rotatable bonds is 7. The Balaban J connectivity index is 2.16. The number of esters is 2. The first-order valence-electron chi connectivity index (χ1n) is 6.16. The van der Waals surface area contributed by atoms with Crippen molar-refractivity contribution < 1.29 is 19.1 Å². The summed E-state index contributed by atoms with van der Waals surface area (Å²) in [6.45, 7) is 1.71. The van der Waals surface area contributed by atoms with Crippen molar-refractivity contribution in [2.75, 3.05) is 6.61 Å². The molecule has 0 saturated carbocycles. The van der Waals surface area contributed by atoms with Crippen molar-refractivity contribution in [1.29, 1.82) is 0 Å². The highest BCUT2D eigenvalue weighted by Crippen LogP contribution is 2.03. The van der Waals surface area contributed by atoms with Gasteiger partial charge in [0.05, 0.1) is 0 Å². The minimum Gasteiger partial charge on any atom is -0.464 e. The van der Waals surface area contributed by atoms with Gasteiger partial charge in [0.25, 0.3) is 0 Å². The molecule has 1 atom stereocenters. The predicted octanol–water partition coefficient (Wildman–Crippen LogP) is 1.40. The molecule has 0 aliphatic heterocycles. The van der Waals surface area contributed by atoms with Crippen LogP contribution in [0.25, 0.3) is 0 Å². The molecule has 0 spiro atoms. The van der Waals surface area contributed by atoms with E-state index in [1.807, 2.05) is 30.3 Å². The number of hydrogen-bond donors (Lipinski definition) is 1. The van der Waals surface area contributed by atoms with Gasteiger partial charge < -0.3 is 15.2 Å². The van der Waals surface area contributed by atoms with Crippen LogP contribution in [-0.2, 0) is 25.7 Å². The van der Waals surface area contributed by atoms with Gasteiger partial charge in [-0.2, -0.15) is 0 Å². The molecule has 0 aliphatic carbocycles. The molecule has 0 heterocycles. The molecule has 0 unspecified atom stereocenters. The van der Waals surface area contributed by atoms with Crippen LogP contribution in [0.5, 0.6) is 0 Å². The van der Waals surface area contributed by atoms with Crippen molar-refractivity contribution in [2.24, 2.45) is 5.73 Å². The van der Waals surface area contributed by atoms with Gasteiger partial charge in [-0.15, -0.1) is 0 Å². The molecule has 1 rings (SSSR count). The summed E-state index contributed by atoms with van der Waals surface area (Å²) in [5.74, 6) is -0.677. The molecule has 1 aromatic carbocycles. The van der Waals surface area contributed by atoms with E-state index < -0.39 is 0 Å². The lowest BCUT2D eigenvalue weighted by molar-refractivity contribution is -0.145. The number of hydrogen-bond acceptors (Lipinski definition) is 5. The Morgan fingerprint density at radius 3 is 2.53 bits per heavy atom. The Morgan fingerprint density at radius 1 is 1.21 bits per heavy atom. The Bertz CT molecular complexity index is 405. The molecule has 5 nitrogen and oxygen atoms in total. The molecular formula is C14H19NO4. The maximum absolute atomic E-state index is 11.5. The van der Waals surface area contributed by atoms with Gasteiger partial charge >= 0.3 is 11.9 Å². The SMILES string of the molecule is CC(=O)OC[C@@H](N)CCC(=O)OCc1ccccc1. The maximum Gasteiger partial charge on any atom is 0.306 e. The van der Waals surface area contributed by atoms with Crippen LogP contribution in [0.1, 0.15) is 25.3 Å². The van der Waals surface area contributed by atoms with Crippen molar-refractivity contribution in [3.8, 4) is 0 Å². The van der Waals surface area contributed by atoms with Crippen molar-refractivity contribution >= 4 is 11.9 Å². The Morgan fingerprint density at radius 2 is 1.89 bits per heavy atom. The average Bonchev–Trinajstić information content (AvgIpc) is 2.41. The number of carbonyl (C=O) groups is 2. The first kappa shape index (κ1) is 15.2. The molecule has 19 heavy (non-hydrogen) atoms. The summed E-state index contributed by atoms with van der Waals surface area (Å²) in [6, 6.07) is 9.11. The highest BCUT2D eigenvalue weighted by Gasteiger charge is 2.09. The number of carbonyl (C=O) groups excluding carboxylic acids is 2. The Labute approximate surface area is 112 Å². The van der Waals surface area contributed by atoms with Crippen LogP contribution in [0.4, 0.5) is 0 Å². The fourth-order valence-electron chi connectivity index (χ4n) is 1.42. The van der Waals surface area contributed by atoms with Crippen molar-refractivity contribution in [3.05, 3.63) is 35.9 Å². The zero-order valence-electron chi connectivity index (χ0n) is 11.0. The fraction of sp³-hybridized carbons (Fsp3) is 0.429. The average molecular weight is 265 g/mol. The normalized spacial score (nSPS) is 11.7. The van der Waals surface area contributed by atoms with Crippen LogP contribution >= 0.6 is 0 Å². The minimum absolute atomic E-state index is 0.126. The second kappa shape index (κ2) is 8.26. The molecular weight excluding hydrogens is 246 g/mol. The number of nitrogens with two attached hydrogens (primary N) is 1. The highest BCUT2D eigenvalue weighted by molar-refractivity contribution is 5.69. The van der Waals surface area contributed by atoms with E-state index in [0.717, 1.165) is 5.56 Å². The van der Waals surface area contributed by atoms with E-state index in [2.05, 4.69) is 0 Å². The van der Waals surface area contributed by atoms with Gasteiger partial charge in [-0.1, -0.05) is 30.3 Å². The molecule has 104 valence electrons. The third kappa shape index (κ3) is 7.21. The van der Waals surface area contributed by atoms with Gasteiger partial charge in [0.15, 0.2) is 0 Å². The van der Waals surface area contributed by atoms with E-state index in [1.165, 1.54) is 6.92 Å². The first-order valence-corrected chi connectivity index (χ1v) is 6.16. The van der Waals surface area contributed by atoms with Crippen LogP contribution in [0.2, 0.25) is 0 Å². The third-order valence-corrected chi connectivity index (χ3v) is 2.46. The van der Waals surface area contributed by atoms with Crippen molar-refractivity contribution in [1.82, 2.24) is 0 Å². The number of benzene rings is 1. The van der Waals surface area contributed by atoms with E-state index in [4.69, 9.17) is 15.2 Å². The largest absolute Gasteiger partial charge is 0.464 e. The molecule has 2 N–H and O–H groups in total. The molecule has 0 aliphatic rings. The van der Waals surface area contributed by atoms with E-state index in [0.29, 0.717) is 6.42 Å². The zero-order valence-corrected chi connectivity index (χ0v) is 11.0. The summed E-state index contributed by atoms with van der Waals surface area (Å²) in [5.41, 5.74) is 6.64. The molecule has 0 aromatic heterocycles. The van der Waals surface area contributed by atoms with Crippen LogP contribution < -0.4 is 5.73 Å². The van der Waals surface area contributed by atoms with E-state index in [9.17, 15) is 9.59 Å². The summed E-state index contributed by atoms with van der Waals surface area (Å²) in [6.07, 6.45) is 0.649. The van der Waals surface area contributed by atoms with Crippen LogP contribution in [0.3, 0.4) is 0 Å². The number of ether oxygens (including phenoxy) is 2. The quantitative estimate of drug-likeness (QED) is 0.754. The standard InChI is InChI=1S/C14H19NO4/c1-11(16)18-10-13(15)7-8-14(17)19-9-12-5-3-2-4-6-12/h2-6,13H,7-10,15H2,1H3/t13-/m0/s1. The third-order valence-electron chi connectivity index (χ3n) is 2.46. The van der Waals surface area contributed by atoms with Crippen molar-refractivity contribution in [2.45, 2.75) is 32.4 Å². The van der Waals surface area contributed by atoms with Gasteiger partial charge in [0.2, 0.25) is 0 Å². The second-order valence-electron chi connectivity index (χ2n) is 4.25. The minimum atomic E-state index is -0.373. The van der Waals surface area contributed by atoms with E-state index in [-0.39, 0.29) is 37.6 Å². The van der Waals surface area contributed by atoms with Crippen LogP contribution in [0.15, 0.2) is 30.3 Å². The lowest BCUT2D eigenvalue weighted by Crippen LogP contribution is -2.28. The zero-order chi connectivity index (χ0) is 14.1. The smallest absolute Gasteiger partial charge is 0.306 e. The maximum atomic E-state index is 11.5. The molecule has 0 bridgehead atoms. The van der Waals surface area contributed by atoms with Crippen LogP contribution in [0, 0.1) is 0 Å². The van der Waals surface area contributed by atoms with E-state index >= 15 is 0 Å². The summed E-state index contributed by atoms with van der Waals surface area (Å²) < 4.78 is 9.85. The second-order valence-corrected chi connectivity index (χ2v) is 4.25. The first-order chi connectivity index (χ1) is 9.08. The monoisotopic (exact) mass is 265 g/mol. The molecule has 1 aromatic rings. The van der Waals surface area contributed by atoms with Crippen molar-refractivity contribution in [3.63, 3.8) is 0 Å². The van der Waals surface area contributed by atoms with Gasteiger partial charge in [-0.25, -0.2) is 0 Å². The summed E-state index contributed by atoms with van der Waals surface area (Å²) in [4.78, 5) is 22.0. The Hall–Kier alpha value is -1.88. The highest BCUT2D eigenvalue weighted by atomic mass is 16.5. The van der Waals surface area contributed by atoms with Gasteiger partial charge in [-0.3, -0.25) is 9.59 Å². The van der Waals surface area contributed by atoms with E-state index in [1.54, 1.807) is 0 Å². The van der Waals surface area contributed by atoms with Crippen LogP contribution in [-0.4, -0.2) is 24.6 Å². The molecule has 5 heteroatoms. The molecule has 0 fully saturated rings. The molecule has 0 amide bonds. The fourth-order valence-corrected chi connectivity index (χ4v) is 1.42. The van der Waals surface area contributed by atoms with Gasteiger partial charge in [0.1, 0.15) is 13.2 Å². The summed E-state index contributed by atoms with van der Waals surface area (Å²) >= 11 is 0. The lowest BCUT2D eigenvalue weighted by atomic mass is 10.2. The molecule has 0 radical (unpaired) electrons. The molecule has 0 saturated heterocycles. The lowest BCUT2D eigenvalue weighted by Gasteiger charge is -2.11. The van der Waals surface area contributed by atoms with Gasteiger partial charge in [-0.05, 0) is 12.0 Å². The topological polar surface area (TPSA) is 78.6 Å². The predicted molar refractivity (Wildman–Crippen MR) is 70.1 cm³/mol. The summed E-state index contributed by atoms with van der Waals surface area (Å²) in [7, 11) is 0. The van der Waals surface area contributed by atoms with Gasteiger partial charge in [0, 0.05) is 19.4 Å². The Kier molecular flexibility index (Phi) is 6.60. The summed E-state index contributed by atoms with van der Waals surface area (Å²) in [5, 5.41) is 0.